The summed E-state index contributed by atoms with van der Waals surface area (Å²) in [6.07, 6.45) is 0.434. The molecule has 7 heteroatoms. The number of halogens is 1. The Hall–Kier alpha value is -1.47. The van der Waals surface area contributed by atoms with Gasteiger partial charge in [-0.05, 0) is 55.6 Å². The number of amides is 1. The number of benzene rings is 1. The lowest BCUT2D eigenvalue weighted by atomic mass is 10.1. The number of aryl methyl sites for hydroxylation is 2. The number of rotatable bonds is 8. The van der Waals surface area contributed by atoms with E-state index in [0.717, 1.165) is 35.2 Å². The summed E-state index contributed by atoms with van der Waals surface area (Å²) in [4.78, 5) is 23.3. The highest BCUT2D eigenvalue weighted by atomic mass is 35.5. The van der Waals surface area contributed by atoms with E-state index in [9.17, 15) is 4.79 Å². The van der Waals surface area contributed by atoms with Crippen molar-refractivity contribution in [3.63, 3.8) is 0 Å². The fraction of sp³-hybridized carbons (Fsp3) is 0.429. The van der Waals surface area contributed by atoms with Crippen LogP contribution in [0.15, 0.2) is 29.6 Å². The molecule has 0 N–H and O–H groups in total. The maximum Gasteiger partial charge on any atom is 0.234 e. The number of hydrogen-bond donors (Lipinski definition) is 0. The van der Waals surface area contributed by atoms with Crippen LogP contribution >= 0.6 is 35.1 Å². The standard InChI is InChI=1S/C21H27N3OS2.ClH/c1-5-23(6-2)9-10-24(19(25)14-17-8-7-11-26-17)21-22-18-13-15(3)12-16(4)20(18)27-21;/h7-8,11-13H,5-6,9-10,14H2,1-4H3;1H. The number of carbonyl (C=O) groups excluding carboxylic acids is 1. The summed E-state index contributed by atoms with van der Waals surface area (Å²) in [5, 5.41) is 2.83. The smallest absolute Gasteiger partial charge is 0.234 e. The molecule has 0 unspecified atom stereocenters. The van der Waals surface area contributed by atoms with E-state index in [0.29, 0.717) is 13.0 Å². The highest BCUT2D eigenvalue weighted by molar-refractivity contribution is 7.22. The number of hydrogen-bond acceptors (Lipinski definition) is 5. The van der Waals surface area contributed by atoms with E-state index in [4.69, 9.17) is 4.98 Å². The first-order valence-electron chi connectivity index (χ1n) is 9.44. The van der Waals surface area contributed by atoms with Crippen molar-refractivity contribution in [2.45, 2.75) is 34.1 Å². The van der Waals surface area contributed by atoms with E-state index in [2.05, 4.69) is 44.7 Å². The van der Waals surface area contributed by atoms with Gasteiger partial charge in [0.05, 0.1) is 16.6 Å². The monoisotopic (exact) mass is 437 g/mol. The third-order valence-corrected chi connectivity index (χ3v) is 6.89. The lowest BCUT2D eigenvalue weighted by Gasteiger charge is -2.24. The molecule has 0 aliphatic heterocycles. The Kier molecular flexibility index (Phi) is 8.43. The fourth-order valence-electron chi connectivity index (χ4n) is 3.25. The molecule has 0 atom stereocenters. The molecule has 0 spiro atoms. The van der Waals surface area contributed by atoms with Gasteiger partial charge in [0.15, 0.2) is 5.13 Å². The molecule has 0 aliphatic carbocycles. The normalized spacial score (nSPS) is 11.0. The molecular weight excluding hydrogens is 410 g/mol. The average molecular weight is 438 g/mol. The van der Waals surface area contributed by atoms with Crippen LogP contribution in [0.5, 0.6) is 0 Å². The summed E-state index contributed by atoms with van der Waals surface area (Å²) in [7, 11) is 0. The summed E-state index contributed by atoms with van der Waals surface area (Å²) >= 11 is 3.26. The molecule has 4 nitrogen and oxygen atoms in total. The van der Waals surface area contributed by atoms with Crippen molar-refractivity contribution >= 4 is 56.3 Å². The molecule has 0 saturated carbocycles. The van der Waals surface area contributed by atoms with Gasteiger partial charge in [-0.15, -0.1) is 23.7 Å². The molecule has 0 fully saturated rings. The predicted octanol–water partition coefficient (Wildman–Crippen LogP) is 5.31. The Morgan fingerprint density at radius 2 is 1.89 bits per heavy atom. The molecule has 3 aromatic rings. The molecule has 3 rings (SSSR count). The predicted molar refractivity (Wildman–Crippen MR) is 125 cm³/mol. The summed E-state index contributed by atoms with van der Waals surface area (Å²) in [6.45, 7) is 12.0. The van der Waals surface area contributed by atoms with Crippen molar-refractivity contribution in [1.82, 2.24) is 9.88 Å². The van der Waals surface area contributed by atoms with Gasteiger partial charge in [0.25, 0.3) is 0 Å². The lowest BCUT2D eigenvalue weighted by molar-refractivity contribution is -0.118. The van der Waals surface area contributed by atoms with Crippen LogP contribution in [-0.4, -0.2) is 42.0 Å². The molecule has 0 radical (unpaired) electrons. The minimum Gasteiger partial charge on any atom is -0.302 e. The van der Waals surface area contributed by atoms with Gasteiger partial charge < -0.3 is 4.90 Å². The van der Waals surface area contributed by atoms with Crippen molar-refractivity contribution in [1.29, 1.82) is 0 Å². The second-order valence-corrected chi connectivity index (χ2v) is 8.76. The molecule has 28 heavy (non-hydrogen) atoms. The summed E-state index contributed by atoms with van der Waals surface area (Å²) < 4.78 is 1.17. The minimum absolute atomic E-state index is 0. The Bertz CT molecular complexity index is 904. The molecule has 2 aromatic heterocycles. The number of likely N-dealkylation sites (N-methyl/N-ethyl adjacent to an activating group) is 1. The number of fused-ring (bicyclic) bond motifs is 1. The first kappa shape index (κ1) is 22.8. The van der Waals surface area contributed by atoms with Gasteiger partial charge in [0.2, 0.25) is 5.91 Å². The van der Waals surface area contributed by atoms with Crippen LogP contribution in [0, 0.1) is 13.8 Å². The second-order valence-electron chi connectivity index (χ2n) is 6.75. The third-order valence-electron chi connectivity index (χ3n) is 4.78. The Labute approximate surface area is 181 Å². The third kappa shape index (κ3) is 5.32. The van der Waals surface area contributed by atoms with Gasteiger partial charge in [-0.3, -0.25) is 9.69 Å². The van der Waals surface area contributed by atoms with Gasteiger partial charge in [0.1, 0.15) is 0 Å². The van der Waals surface area contributed by atoms with Crippen molar-refractivity contribution in [3.05, 3.63) is 45.6 Å². The molecule has 0 saturated heterocycles. The Balaban J connectivity index is 0.00000280. The Morgan fingerprint density at radius 3 is 2.54 bits per heavy atom. The van der Waals surface area contributed by atoms with Crippen molar-refractivity contribution in [3.8, 4) is 0 Å². The van der Waals surface area contributed by atoms with Crippen LogP contribution in [-0.2, 0) is 11.2 Å². The summed E-state index contributed by atoms with van der Waals surface area (Å²) in [6, 6.07) is 8.31. The lowest BCUT2D eigenvalue weighted by Crippen LogP contribution is -2.39. The van der Waals surface area contributed by atoms with E-state index in [1.54, 1.807) is 22.7 Å². The summed E-state index contributed by atoms with van der Waals surface area (Å²) in [5.74, 6) is 0.123. The fourth-order valence-corrected chi connectivity index (χ4v) is 5.00. The number of anilines is 1. The molecule has 0 bridgehead atoms. The van der Waals surface area contributed by atoms with E-state index < -0.39 is 0 Å². The van der Waals surface area contributed by atoms with Crippen molar-refractivity contribution in [2.75, 3.05) is 31.1 Å². The van der Waals surface area contributed by atoms with Crippen LogP contribution in [0.4, 0.5) is 5.13 Å². The zero-order chi connectivity index (χ0) is 19.4. The van der Waals surface area contributed by atoms with Crippen LogP contribution in [0.1, 0.15) is 29.9 Å². The largest absolute Gasteiger partial charge is 0.302 e. The van der Waals surface area contributed by atoms with Crippen LogP contribution < -0.4 is 4.90 Å². The SMILES string of the molecule is CCN(CC)CCN(C(=O)Cc1cccs1)c1nc2cc(C)cc(C)c2s1.Cl. The molecule has 1 aromatic carbocycles. The number of carbonyl (C=O) groups is 1. The van der Waals surface area contributed by atoms with Gasteiger partial charge in [-0.2, -0.15) is 0 Å². The van der Waals surface area contributed by atoms with Gasteiger partial charge in [-0.1, -0.05) is 37.3 Å². The quantitative estimate of drug-likeness (QED) is 0.478. The van der Waals surface area contributed by atoms with Gasteiger partial charge in [0, 0.05) is 18.0 Å². The number of aromatic nitrogens is 1. The highest BCUT2D eigenvalue weighted by Gasteiger charge is 2.21. The maximum absolute atomic E-state index is 13.1. The van der Waals surface area contributed by atoms with Crippen LogP contribution in [0.3, 0.4) is 0 Å². The summed E-state index contributed by atoms with van der Waals surface area (Å²) in [5.41, 5.74) is 3.42. The zero-order valence-corrected chi connectivity index (χ0v) is 19.3. The molecule has 1 amide bonds. The zero-order valence-electron chi connectivity index (χ0n) is 16.9. The van der Waals surface area contributed by atoms with E-state index >= 15 is 0 Å². The number of thiazole rings is 1. The second kappa shape index (κ2) is 10.3. The minimum atomic E-state index is 0. The molecule has 2 heterocycles. The highest BCUT2D eigenvalue weighted by Crippen LogP contribution is 2.32. The van der Waals surface area contributed by atoms with E-state index in [1.807, 2.05) is 22.4 Å². The van der Waals surface area contributed by atoms with Gasteiger partial charge in [-0.25, -0.2) is 4.98 Å². The topological polar surface area (TPSA) is 36.4 Å². The Morgan fingerprint density at radius 1 is 1.14 bits per heavy atom. The van der Waals surface area contributed by atoms with Gasteiger partial charge >= 0.3 is 0 Å². The van der Waals surface area contributed by atoms with E-state index in [-0.39, 0.29) is 18.3 Å². The average Bonchev–Trinajstić information content (AvgIpc) is 3.28. The number of thiophene rings is 1. The molecule has 152 valence electrons. The first-order chi connectivity index (χ1) is 13.0. The van der Waals surface area contributed by atoms with Crippen LogP contribution in [0.25, 0.3) is 10.2 Å². The molecular formula is C21H28ClN3OS2. The van der Waals surface area contributed by atoms with Crippen molar-refractivity contribution in [2.24, 2.45) is 0 Å². The number of nitrogens with zero attached hydrogens (tertiary/aromatic N) is 3. The molecule has 0 aliphatic rings. The van der Waals surface area contributed by atoms with Crippen LogP contribution in [0.2, 0.25) is 0 Å². The first-order valence-corrected chi connectivity index (χ1v) is 11.1. The van der Waals surface area contributed by atoms with E-state index in [1.165, 1.54) is 15.8 Å². The maximum atomic E-state index is 13.1. The van der Waals surface area contributed by atoms with Crippen molar-refractivity contribution < 1.29 is 4.79 Å².